The largest absolute Gasteiger partial charge is 0.465 e. The lowest BCUT2D eigenvalue weighted by Crippen LogP contribution is -2.51. The zero-order valence-electron chi connectivity index (χ0n) is 30.9. The molecular weight excluding hydrogens is 676 g/mol. The predicted molar refractivity (Wildman–Crippen MR) is 198 cm³/mol. The number of aromatic amines is 2. The van der Waals surface area contributed by atoms with Crippen molar-refractivity contribution in [2.24, 2.45) is 11.8 Å². The smallest absolute Gasteiger partial charge is 0.407 e. The summed E-state index contributed by atoms with van der Waals surface area (Å²) in [6.07, 6.45) is 3.03. The Morgan fingerprint density at radius 3 is 2.04 bits per heavy atom. The Morgan fingerprint density at radius 2 is 1.42 bits per heavy atom. The molecule has 1 aliphatic carbocycles. The van der Waals surface area contributed by atoms with Gasteiger partial charge in [0.1, 0.15) is 23.7 Å². The van der Waals surface area contributed by atoms with E-state index in [9.17, 15) is 24.3 Å². The maximum absolute atomic E-state index is 13.7. The number of fused-ring (bicyclic) bond motifs is 4. The third-order valence-corrected chi connectivity index (χ3v) is 10.9. The summed E-state index contributed by atoms with van der Waals surface area (Å²) in [4.78, 5) is 71.1. The lowest BCUT2D eigenvalue weighted by atomic mass is 9.89. The third-order valence-electron chi connectivity index (χ3n) is 10.9. The zero-order chi connectivity index (χ0) is 37.6. The van der Waals surface area contributed by atoms with Gasteiger partial charge in [-0.15, -0.1) is 0 Å². The van der Waals surface area contributed by atoms with Crippen molar-refractivity contribution in [1.82, 2.24) is 40.4 Å². The number of nitrogens with zero attached hydrogens (tertiary/aromatic N) is 4. The van der Waals surface area contributed by atoms with Gasteiger partial charge in [-0.3, -0.25) is 9.59 Å². The number of hydrogen-bond acceptors (Lipinski definition) is 7. The van der Waals surface area contributed by atoms with E-state index in [0.717, 1.165) is 83.5 Å². The highest BCUT2D eigenvalue weighted by atomic mass is 16.5. The number of nitrogens with one attached hydrogen (secondary N) is 4. The number of aryl methyl sites for hydroxylation is 2. The van der Waals surface area contributed by atoms with E-state index in [1.54, 1.807) is 4.90 Å². The van der Waals surface area contributed by atoms with E-state index in [2.05, 4.69) is 50.9 Å². The number of aromatic nitrogens is 4. The number of rotatable bonds is 9. The normalized spacial score (nSPS) is 19.3. The highest BCUT2D eigenvalue weighted by molar-refractivity contribution is 5.88. The monoisotopic (exact) mass is 724 g/mol. The molecule has 4 aromatic rings. The van der Waals surface area contributed by atoms with Crippen molar-refractivity contribution in [3.05, 3.63) is 59.3 Å². The van der Waals surface area contributed by atoms with Gasteiger partial charge in [-0.25, -0.2) is 19.6 Å². The lowest BCUT2D eigenvalue weighted by molar-refractivity contribution is -0.136. The number of imidazole rings is 2. The van der Waals surface area contributed by atoms with E-state index in [0.29, 0.717) is 18.9 Å². The van der Waals surface area contributed by atoms with Crippen molar-refractivity contribution in [3.8, 4) is 22.4 Å². The van der Waals surface area contributed by atoms with Gasteiger partial charge < -0.3 is 40.2 Å². The number of carbonyl (C=O) groups is 4. The van der Waals surface area contributed by atoms with Crippen molar-refractivity contribution in [3.63, 3.8) is 0 Å². The summed E-state index contributed by atoms with van der Waals surface area (Å²) in [5, 5.41) is 14.4. The lowest BCUT2D eigenvalue weighted by Gasteiger charge is -2.30. The SMILES string of the molecule is COC(=O)N[C@H](C(=O)N1CCC[C@H]1c1nc2c([nH]1)CCc1cc(-c3ccc4nc([C@@H]5CCCN5C(=O)[C@@H](NC(=O)O)C(C)C)[nH]c4c3)ccc1-2)C(C)C. The highest BCUT2D eigenvalue weighted by Crippen LogP contribution is 2.39. The van der Waals surface area contributed by atoms with Crippen molar-refractivity contribution < 1.29 is 29.0 Å². The molecule has 0 radical (unpaired) electrons. The number of hydrogen-bond donors (Lipinski definition) is 5. The average molecular weight is 725 g/mol. The number of alkyl carbamates (subject to hydrolysis) is 1. The first-order valence-corrected chi connectivity index (χ1v) is 18.6. The van der Waals surface area contributed by atoms with Crippen LogP contribution in [0.2, 0.25) is 0 Å². The van der Waals surface area contributed by atoms with Gasteiger partial charge in [0.05, 0.1) is 35.9 Å². The minimum atomic E-state index is -1.21. The van der Waals surface area contributed by atoms with Crippen LogP contribution in [-0.4, -0.2) is 91.1 Å². The van der Waals surface area contributed by atoms with Crippen LogP contribution in [0.5, 0.6) is 0 Å². The van der Waals surface area contributed by atoms with Crippen molar-refractivity contribution in [1.29, 1.82) is 0 Å². The molecule has 2 fully saturated rings. The molecule has 4 heterocycles. The predicted octanol–water partition coefficient (Wildman–Crippen LogP) is 5.72. The molecule has 0 spiro atoms. The van der Waals surface area contributed by atoms with Crippen molar-refractivity contribution >= 4 is 35.0 Å². The number of carbonyl (C=O) groups excluding carboxylic acids is 3. The van der Waals surface area contributed by atoms with Crippen LogP contribution in [0.3, 0.4) is 0 Å². The minimum absolute atomic E-state index is 0.106. The van der Waals surface area contributed by atoms with Gasteiger partial charge in [-0.1, -0.05) is 52.0 Å². The fourth-order valence-corrected chi connectivity index (χ4v) is 8.16. The summed E-state index contributed by atoms with van der Waals surface area (Å²) in [6, 6.07) is 10.6. The first kappa shape index (κ1) is 36.0. The Morgan fingerprint density at radius 1 is 0.811 bits per heavy atom. The molecule has 280 valence electrons. The molecule has 14 heteroatoms. The highest BCUT2D eigenvalue weighted by Gasteiger charge is 2.39. The van der Waals surface area contributed by atoms with Crippen LogP contribution >= 0.6 is 0 Å². The van der Waals surface area contributed by atoms with Crippen LogP contribution in [0.4, 0.5) is 9.59 Å². The first-order chi connectivity index (χ1) is 25.4. The summed E-state index contributed by atoms with van der Waals surface area (Å²) < 4.78 is 4.78. The third kappa shape index (κ3) is 6.94. The molecule has 2 aromatic heterocycles. The second-order valence-electron chi connectivity index (χ2n) is 15.1. The maximum Gasteiger partial charge on any atom is 0.407 e. The molecule has 5 N–H and O–H groups in total. The number of amides is 4. The van der Waals surface area contributed by atoms with E-state index in [4.69, 9.17) is 14.7 Å². The van der Waals surface area contributed by atoms with E-state index in [-0.39, 0.29) is 35.7 Å². The topological polar surface area (TPSA) is 186 Å². The summed E-state index contributed by atoms with van der Waals surface area (Å²) in [5.74, 6) is 0.829. The van der Waals surface area contributed by atoms with Gasteiger partial charge in [0.2, 0.25) is 11.8 Å². The minimum Gasteiger partial charge on any atom is -0.465 e. The first-order valence-electron chi connectivity index (χ1n) is 18.6. The standard InChI is InChI=1S/C39H48N8O6/c1-20(2)31(44-38(50)51)36(48)46-16-6-8-29(46)34-40-26-14-11-23(19-28(26)42-34)22-10-13-25-24(18-22)12-15-27-33(25)43-35(41-27)30-9-7-17-47(30)37(49)32(21(3)4)45-39(52)53-5/h10-11,13-14,18-21,29-32,44H,6-9,12,15-17H2,1-5H3,(H,40,42)(H,41,43)(H,45,52)(H,50,51)/t29-,30-,31-,32-/m0/s1. The summed E-state index contributed by atoms with van der Waals surface area (Å²) in [7, 11) is 1.29. The number of benzene rings is 2. The van der Waals surface area contributed by atoms with Gasteiger partial charge in [0.15, 0.2) is 0 Å². The van der Waals surface area contributed by atoms with E-state index in [1.165, 1.54) is 12.7 Å². The molecule has 2 saturated heterocycles. The van der Waals surface area contributed by atoms with Crippen LogP contribution in [0, 0.1) is 11.8 Å². The van der Waals surface area contributed by atoms with Gasteiger partial charge in [-0.05, 0) is 79.2 Å². The molecule has 2 aromatic carbocycles. The average Bonchev–Trinajstić information content (AvgIpc) is 3.96. The second kappa shape index (κ2) is 14.6. The van der Waals surface area contributed by atoms with Crippen molar-refractivity contribution in [2.75, 3.05) is 20.2 Å². The molecule has 14 nitrogen and oxygen atoms in total. The molecule has 4 atom stereocenters. The van der Waals surface area contributed by atoms with E-state index >= 15 is 0 Å². The molecule has 0 bridgehead atoms. The van der Waals surface area contributed by atoms with E-state index < -0.39 is 24.3 Å². The Labute approximate surface area is 308 Å². The van der Waals surface area contributed by atoms with Gasteiger partial charge in [-0.2, -0.15) is 0 Å². The zero-order valence-corrected chi connectivity index (χ0v) is 30.9. The fourth-order valence-electron chi connectivity index (χ4n) is 8.16. The molecule has 0 unspecified atom stereocenters. The van der Waals surface area contributed by atoms with Crippen LogP contribution < -0.4 is 10.6 Å². The molecule has 53 heavy (non-hydrogen) atoms. The van der Waals surface area contributed by atoms with Crippen LogP contribution in [0.1, 0.15) is 88.4 Å². The molecule has 0 saturated carbocycles. The Hall–Kier alpha value is -5.40. The van der Waals surface area contributed by atoms with E-state index in [1.807, 2.05) is 38.7 Å². The number of ether oxygens (including phenoxy) is 1. The summed E-state index contributed by atoms with van der Waals surface area (Å²) in [5.41, 5.74) is 8.05. The molecular formula is C39H48N8O6. The number of likely N-dealkylation sites (tertiary alicyclic amines) is 2. The van der Waals surface area contributed by atoms with Gasteiger partial charge in [0.25, 0.3) is 0 Å². The molecule has 3 aliphatic rings. The quantitative estimate of drug-likeness (QED) is 0.145. The molecule has 4 amide bonds. The Bertz CT molecular complexity index is 2050. The van der Waals surface area contributed by atoms with Gasteiger partial charge in [0, 0.05) is 24.3 Å². The number of methoxy groups -OCH3 is 1. The Kier molecular flexibility index (Phi) is 9.88. The van der Waals surface area contributed by atoms with Crippen LogP contribution in [-0.2, 0) is 27.2 Å². The molecule has 7 rings (SSSR count). The fraction of sp³-hybridized carbons (Fsp3) is 0.487. The number of H-pyrrole nitrogens is 2. The van der Waals surface area contributed by atoms with Crippen LogP contribution in [0.25, 0.3) is 33.4 Å². The number of carboxylic acid groups (broad SMARTS) is 1. The summed E-state index contributed by atoms with van der Waals surface area (Å²) >= 11 is 0. The van der Waals surface area contributed by atoms with Crippen molar-refractivity contribution in [2.45, 2.75) is 90.4 Å². The van der Waals surface area contributed by atoms with Gasteiger partial charge >= 0.3 is 12.2 Å². The Balaban J connectivity index is 1.10. The summed E-state index contributed by atoms with van der Waals surface area (Å²) in [6.45, 7) is 8.64. The maximum atomic E-state index is 13.7. The second-order valence-corrected chi connectivity index (χ2v) is 15.1. The molecule has 2 aliphatic heterocycles. The van der Waals surface area contributed by atoms with Crippen LogP contribution in [0.15, 0.2) is 36.4 Å².